The van der Waals surface area contributed by atoms with E-state index in [1.54, 1.807) is 0 Å². The topological polar surface area (TPSA) is 78.0 Å². The first-order valence-corrected chi connectivity index (χ1v) is 12.0. The summed E-state index contributed by atoms with van der Waals surface area (Å²) in [6.07, 6.45) is 2.37. The molecule has 0 unspecified atom stereocenters. The number of likely N-dealkylation sites (N-methyl/N-ethyl adjacent to an activating group) is 1. The van der Waals surface area contributed by atoms with Gasteiger partial charge in [0.2, 0.25) is 5.91 Å². The van der Waals surface area contributed by atoms with Gasteiger partial charge in [0, 0.05) is 25.3 Å². The van der Waals surface area contributed by atoms with Gasteiger partial charge in [0.25, 0.3) is 5.91 Å². The van der Waals surface area contributed by atoms with Crippen LogP contribution in [0.2, 0.25) is 0 Å². The van der Waals surface area contributed by atoms with Crippen molar-refractivity contribution in [2.24, 2.45) is 5.92 Å². The van der Waals surface area contributed by atoms with Crippen molar-refractivity contribution in [3.05, 3.63) is 53.3 Å². The molecule has 0 bridgehead atoms. The van der Waals surface area contributed by atoms with Crippen LogP contribution in [0.25, 0.3) is 0 Å². The normalized spacial score (nSPS) is 15.5. The predicted molar refractivity (Wildman–Crippen MR) is 132 cm³/mol. The third-order valence-corrected chi connectivity index (χ3v) is 6.22. The molecule has 0 atom stereocenters. The fraction of sp³-hybridized carbons (Fsp3) is 0.500. The summed E-state index contributed by atoms with van der Waals surface area (Å²) >= 11 is 0. The number of aryl methyl sites for hydroxylation is 1. The Labute approximate surface area is 201 Å². The molecule has 2 amide bonds. The third kappa shape index (κ3) is 6.26. The Kier molecular flexibility index (Phi) is 7.67. The van der Waals surface area contributed by atoms with Crippen LogP contribution in [0.5, 0.6) is 5.75 Å². The first kappa shape index (κ1) is 24.0. The van der Waals surface area contributed by atoms with Crippen molar-refractivity contribution in [1.82, 2.24) is 19.7 Å². The Morgan fingerprint density at radius 1 is 1.18 bits per heavy atom. The molecule has 1 N–H and O–H groups in total. The molecule has 2 aliphatic rings. The molecule has 0 saturated heterocycles. The summed E-state index contributed by atoms with van der Waals surface area (Å²) in [7, 11) is 3.98. The van der Waals surface area contributed by atoms with Crippen molar-refractivity contribution in [3.8, 4) is 5.75 Å². The summed E-state index contributed by atoms with van der Waals surface area (Å²) in [5, 5.41) is 3.23. The van der Waals surface area contributed by atoms with E-state index in [4.69, 9.17) is 4.74 Å². The van der Waals surface area contributed by atoms with E-state index in [0.29, 0.717) is 49.2 Å². The van der Waals surface area contributed by atoms with E-state index in [9.17, 15) is 9.59 Å². The van der Waals surface area contributed by atoms with Gasteiger partial charge in [-0.05, 0) is 64.0 Å². The number of ether oxygens (including phenoxy) is 1. The van der Waals surface area contributed by atoms with Gasteiger partial charge in [-0.2, -0.15) is 0 Å². The molecule has 1 fully saturated rings. The summed E-state index contributed by atoms with van der Waals surface area (Å²) in [6.45, 7) is 5.67. The highest BCUT2D eigenvalue weighted by atomic mass is 16.5. The van der Waals surface area contributed by atoms with Gasteiger partial charge in [0.1, 0.15) is 17.9 Å². The lowest BCUT2D eigenvalue weighted by atomic mass is 10.1. The molecule has 1 aliphatic heterocycles. The maximum atomic E-state index is 13.3. The summed E-state index contributed by atoms with van der Waals surface area (Å²) in [6, 6.07) is 11.4. The Balaban J connectivity index is 1.47. The number of nitrogens with zero attached hydrogens (tertiary/aromatic N) is 4. The number of benzene rings is 1. The molecule has 34 heavy (non-hydrogen) atoms. The largest absolute Gasteiger partial charge is 0.491 e. The minimum absolute atomic E-state index is 0.0247. The molecule has 2 heterocycles. The van der Waals surface area contributed by atoms with Crippen LogP contribution in [-0.2, 0) is 11.3 Å². The highest BCUT2D eigenvalue weighted by molar-refractivity contribution is 6.03. The minimum atomic E-state index is -0.0421. The van der Waals surface area contributed by atoms with Gasteiger partial charge in [0.05, 0.1) is 31.0 Å². The van der Waals surface area contributed by atoms with Crippen molar-refractivity contribution in [3.63, 3.8) is 0 Å². The van der Waals surface area contributed by atoms with E-state index in [-0.39, 0.29) is 18.4 Å². The fourth-order valence-corrected chi connectivity index (χ4v) is 4.11. The lowest BCUT2D eigenvalue weighted by molar-refractivity contribution is -0.130. The second-order valence-corrected chi connectivity index (χ2v) is 9.46. The van der Waals surface area contributed by atoms with E-state index in [1.165, 1.54) is 12.8 Å². The maximum Gasteiger partial charge on any atom is 0.259 e. The zero-order chi connectivity index (χ0) is 24.1. The zero-order valence-corrected chi connectivity index (χ0v) is 20.4. The van der Waals surface area contributed by atoms with Crippen LogP contribution >= 0.6 is 0 Å². The number of amides is 2. The summed E-state index contributed by atoms with van der Waals surface area (Å²) < 4.78 is 5.89. The fourth-order valence-electron chi connectivity index (χ4n) is 4.11. The summed E-state index contributed by atoms with van der Waals surface area (Å²) in [4.78, 5) is 36.9. The van der Waals surface area contributed by atoms with Crippen LogP contribution in [0.1, 0.15) is 34.6 Å². The van der Waals surface area contributed by atoms with Gasteiger partial charge in [-0.3, -0.25) is 14.6 Å². The van der Waals surface area contributed by atoms with Crippen LogP contribution in [0.15, 0.2) is 36.4 Å². The van der Waals surface area contributed by atoms with Crippen molar-refractivity contribution in [1.29, 1.82) is 0 Å². The lowest BCUT2D eigenvalue weighted by Gasteiger charge is -2.25. The van der Waals surface area contributed by atoms with Crippen molar-refractivity contribution in [2.45, 2.75) is 26.3 Å². The molecule has 2 aromatic rings. The first-order valence-electron chi connectivity index (χ1n) is 12.0. The van der Waals surface area contributed by atoms with Gasteiger partial charge >= 0.3 is 0 Å². The minimum Gasteiger partial charge on any atom is -0.491 e. The number of nitrogens with one attached hydrogen (secondary N) is 1. The lowest BCUT2D eigenvalue weighted by Crippen LogP contribution is -2.39. The van der Waals surface area contributed by atoms with Crippen LogP contribution in [-0.4, -0.2) is 84.9 Å². The SMILES string of the molecule is Cc1cccc(CN(CCN(C)C)C(=O)CNc2cccc3c2C(=O)N(CC2CC2)CCO3)n1. The molecule has 1 aromatic heterocycles. The number of hydrogen-bond acceptors (Lipinski definition) is 6. The summed E-state index contributed by atoms with van der Waals surface area (Å²) in [5.41, 5.74) is 2.95. The van der Waals surface area contributed by atoms with Crippen LogP contribution < -0.4 is 10.1 Å². The quantitative estimate of drug-likeness (QED) is 0.581. The Bertz CT molecular complexity index is 1020. The van der Waals surface area contributed by atoms with Crippen molar-refractivity contribution >= 4 is 17.5 Å². The molecule has 8 nitrogen and oxygen atoms in total. The molecular weight excluding hydrogens is 430 g/mol. The predicted octanol–water partition coefficient (Wildman–Crippen LogP) is 2.64. The van der Waals surface area contributed by atoms with E-state index >= 15 is 0 Å². The van der Waals surface area contributed by atoms with E-state index in [2.05, 4.69) is 15.2 Å². The number of carbonyl (C=O) groups excluding carboxylic acids is 2. The average Bonchev–Trinajstić information content (AvgIpc) is 3.64. The molecular formula is C26H35N5O3. The Morgan fingerprint density at radius 3 is 2.71 bits per heavy atom. The third-order valence-electron chi connectivity index (χ3n) is 6.22. The average molecular weight is 466 g/mol. The second kappa shape index (κ2) is 10.9. The molecule has 4 rings (SSSR count). The number of pyridine rings is 1. The van der Waals surface area contributed by atoms with E-state index < -0.39 is 0 Å². The molecule has 182 valence electrons. The number of hydrogen-bond donors (Lipinski definition) is 1. The second-order valence-electron chi connectivity index (χ2n) is 9.46. The number of fused-ring (bicyclic) bond motifs is 1. The molecule has 0 radical (unpaired) electrons. The van der Waals surface area contributed by atoms with Gasteiger partial charge in [-0.15, -0.1) is 0 Å². The van der Waals surface area contributed by atoms with Crippen LogP contribution in [0.3, 0.4) is 0 Å². The van der Waals surface area contributed by atoms with Gasteiger partial charge < -0.3 is 24.8 Å². The van der Waals surface area contributed by atoms with Crippen molar-refractivity contribution < 1.29 is 14.3 Å². The van der Waals surface area contributed by atoms with Gasteiger partial charge in [-0.1, -0.05) is 12.1 Å². The maximum absolute atomic E-state index is 13.3. The highest BCUT2D eigenvalue weighted by Gasteiger charge is 2.31. The van der Waals surface area contributed by atoms with Crippen LogP contribution in [0, 0.1) is 12.8 Å². The van der Waals surface area contributed by atoms with Crippen molar-refractivity contribution in [2.75, 3.05) is 58.7 Å². The standard InChI is InChI=1S/C26H35N5O3/c1-19-6-4-7-21(28-19)18-30(13-12-29(2)3)24(32)16-27-22-8-5-9-23-25(22)26(33)31(14-15-34-23)17-20-10-11-20/h4-9,20,27H,10-18H2,1-3H3. The smallest absolute Gasteiger partial charge is 0.259 e. The first-order chi connectivity index (χ1) is 16.4. The molecule has 1 aliphatic carbocycles. The monoisotopic (exact) mass is 465 g/mol. The van der Waals surface area contributed by atoms with E-state index in [1.807, 2.05) is 67.2 Å². The molecule has 8 heteroatoms. The summed E-state index contributed by atoms with van der Waals surface area (Å²) in [5.74, 6) is 1.12. The molecule has 0 spiro atoms. The Hall–Kier alpha value is -3.13. The van der Waals surface area contributed by atoms with Gasteiger partial charge in [-0.25, -0.2) is 0 Å². The zero-order valence-electron chi connectivity index (χ0n) is 20.4. The molecule has 1 saturated carbocycles. The van der Waals surface area contributed by atoms with Crippen LogP contribution in [0.4, 0.5) is 5.69 Å². The molecule has 1 aromatic carbocycles. The number of anilines is 1. The highest BCUT2D eigenvalue weighted by Crippen LogP contribution is 2.34. The Morgan fingerprint density at radius 2 is 1.97 bits per heavy atom. The van der Waals surface area contributed by atoms with Gasteiger partial charge in [0.15, 0.2) is 0 Å². The number of aromatic nitrogens is 1. The van der Waals surface area contributed by atoms with E-state index in [0.717, 1.165) is 24.5 Å². The number of carbonyl (C=O) groups is 2. The number of rotatable bonds is 10.